The highest BCUT2D eigenvalue weighted by Gasteiger charge is 2.43. The molecule has 230 valence electrons. The topological polar surface area (TPSA) is 181 Å². The number of anilines is 3. The zero-order valence-corrected chi connectivity index (χ0v) is 24.0. The molecule has 0 bridgehead atoms. The zero-order valence-electron chi connectivity index (χ0n) is 24.0. The molecule has 2 aliphatic rings. The molecular formula is C32H23N5O9. The van der Waals surface area contributed by atoms with Gasteiger partial charge in [-0.3, -0.25) is 28.8 Å². The molecule has 4 heterocycles. The zero-order chi connectivity index (χ0) is 32.1. The lowest BCUT2D eigenvalue weighted by Gasteiger charge is -2.35. The Morgan fingerprint density at radius 2 is 1.70 bits per heavy atom. The molecule has 2 aliphatic heterocycles. The van der Waals surface area contributed by atoms with E-state index in [2.05, 4.69) is 15.5 Å². The third-order valence-corrected chi connectivity index (χ3v) is 7.71. The number of rotatable bonds is 6. The van der Waals surface area contributed by atoms with E-state index < -0.39 is 41.8 Å². The minimum atomic E-state index is -1.66. The van der Waals surface area contributed by atoms with E-state index in [1.165, 1.54) is 29.2 Å². The molecule has 0 radical (unpaired) electrons. The smallest absolute Gasteiger partial charge is 0.303 e. The molecule has 46 heavy (non-hydrogen) atoms. The van der Waals surface area contributed by atoms with Crippen LogP contribution in [-0.4, -0.2) is 65.1 Å². The number of aromatic amines is 1. The summed E-state index contributed by atoms with van der Waals surface area (Å²) in [5.41, 5.74) is 1.54. The Morgan fingerprint density at radius 3 is 2.43 bits per heavy atom. The first-order valence-corrected chi connectivity index (χ1v) is 14.1. The number of carbonyl (C=O) groups is 5. The number of aromatic nitrogens is 2. The van der Waals surface area contributed by atoms with Crippen molar-refractivity contribution in [3.8, 4) is 0 Å². The van der Waals surface area contributed by atoms with Gasteiger partial charge in [0.15, 0.2) is 17.5 Å². The highest BCUT2D eigenvalue weighted by Crippen LogP contribution is 2.34. The van der Waals surface area contributed by atoms with Gasteiger partial charge in [-0.25, -0.2) is 4.90 Å². The van der Waals surface area contributed by atoms with Gasteiger partial charge in [0, 0.05) is 36.7 Å². The summed E-state index contributed by atoms with van der Waals surface area (Å²) >= 11 is 0. The predicted molar refractivity (Wildman–Crippen MR) is 162 cm³/mol. The fourth-order valence-electron chi connectivity index (χ4n) is 5.66. The number of hydrogen-bond donors (Lipinski definition) is 2. The second-order valence-electron chi connectivity index (χ2n) is 10.6. The number of amides is 4. The fourth-order valence-corrected chi connectivity index (χ4v) is 5.66. The molecule has 5 aromatic rings. The number of nitrogens with zero attached hydrogens (tertiary/aromatic N) is 3. The van der Waals surface area contributed by atoms with Crippen molar-refractivity contribution in [1.82, 2.24) is 10.1 Å². The Morgan fingerprint density at radius 1 is 0.957 bits per heavy atom. The minimum Gasteiger partial charge on any atom is -0.449 e. The molecule has 2 aromatic heterocycles. The average Bonchev–Trinajstić information content (AvgIpc) is 3.56. The maximum atomic E-state index is 13.7. The Balaban J connectivity index is 1.14. The molecule has 0 unspecified atom stereocenters. The first-order chi connectivity index (χ1) is 22.2. The fraction of sp³-hybridized carbons (Fsp3) is 0.156. The van der Waals surface area contributed by atoms with Crippen LogP contribution in [0.25, 0.3) is 21.9 Å². The predicted octanol–water partition coefficient (Wildman–Crippen LogP) is 2.77. The van der Waals surface area contributed by atoms with Crippen molar-refractivity contribution in [3.63, 3.8) is 0 Å². The van der Waals surface area contributed by atoms with Crippen LogP contribution in [0.4, 0.5) is 17.2 Å². The van der Waals surface area contributed by atoms with Crippen molar-refractivity contribution in [3.05, 3.63) is 94.3 Å². The number of nitrogens with one attached hydrogen (secondary N) is 2. The molecule has 2 atom stereocenters. The third kappa shape index (κ3) is 4.77. The van der Waals surface area contributed by atoms with Gasteiger partial charge in [-0.15, -0.1) is 0 Å². The first-order valence-electron chi connectivity index (χ1n) is 14.1. The van der Waals surface area contributed by atoms with Crippen LogP contribution in [-0.2, 0) is 23.9 Å². The SMILES string of the molecule is CC(=O)O[C@@H](C(=O)Nc1ccc2c(N3C(=O)c4ccccc4C3=O)noc2c1)[C@H]1OCCN(c2cccc3[nH]c(=O)ccc23)C1=O. The van der Waals surface area contributed by atoms with E-state index in [0.717, 1.165) is 11.8 Å². The van der Waals surface area contributed by atoms with Crippen LogP contribution in [0, 0.1) is 0 Å². The number of esters is 1. The lowest BCUT2D eigenvalue weighted by atomic mass is 10.1. The number of H-pyrrole nitrogens is 1. The summed E-state index contributed by atoms with van der Waals surface area (Å²) in [6.07, 6.45) is -3.15. The molecule has 0 saturated carbocycles. The number of fused-ring (bicyclic) bond motifs is 3. The lowest BCUT2D eigenvalue weighted by molar-refractivity contribution is -0.167. The van der Waals surface area contributed by atoms with Gasteiger partial charge in [-0.05, 0) is 42.5 Å². The lowest BCUT2D eigenvalue weighted by Crippen LogP contribution is -2.56. The van der Waals surface area contributed by atoms with Crippen LogP contribution in [0.2, 0.25) is 0 Å². The van der Waals surface area contributed by atoms with Crippen LogP contribution < -0.4 is 20.7 Å². The van der Waals surface area contributed by atoms with Crippen LogP contribution in [0.3, 0.4) is 0 Å². The standard InChI is InChI=1S/C32H23N5O9/c1-16(38)45-26(27-32(43)36(13-14-44-27)23-8-4-7-22-20(23)11-12-25(39)34-22)29(40)33-17-9-10-21-24(15-17)46-35-28(21)37-30(41)18-5-2-3-6-19(18)31(37)42/h2-12,15,26-27H,13-14H2,1H3,(H,33,40)(H,34,39)/t26-,27-/m1/s1. The Labute approximate surface area is 258 Å². The summed E-state index contributed by atoms with van der Waals surface area (Å²) in [6, 6.07) is 18.8. The highest BCUT2D eigenvalue weighted by atomic mass is 16.6. The van der Waals surface area contributed by atoms with Crippen LogP contribution in [0.15, 0.2) is 82.1 Å². The third-order valence-electron chi connectivity index (χ3n) is 7.71. The number of ether oxygens (including phenoxy) is 2. The van der Waals surface area contributed by atoms with E-state index in [1.54, 1.807) is 48.5 Å². The quantitative estimate of drug-likeness (QED) is 0.211. The van der Waals surface area contributed by atoms with Gasteiger partial charge in [0.2, 0.25) is 11.7 Å². The van der Waals surface area contributed by atoms with Crippen LogP contribution in [0.1, 0.15) is 27.6 Å². The highest BCUT2D eigenvalue weighted by molar-refractivity contribution is 6.35. The summed E-state index contributed by atoms with van der Waals surface area (Å²) in [4.78, 5) is 82.1. The van der Waals surface area contributed by atoms with Gasteiger partial charge in [0.05, 0.1) is 34.3 Å². The summed E-state index contributed by atoms with van der Waals surface area (Å²) in [7, 11) is 0. The average molecular weight is 622 g/mol. The number of benzene rings is 3. The molecule has 14 nitrogen and oxygen atoms in total. The molecular weight excluding hydrogens is 598 g/mol. The number of hydrogen-bond acceptors (Lipinski definition) is 10. The van der Waals surface area contributed by atoms with Crippen molar-refractivity contribution in [2.24, 2.45) is 0 Å². The second-order valence-corrected chi connectivity index (χ2v) is 10.6. The van der Waals surface area contributed by atoms with E-state index in [4.69, 9.17) is 14.0 Å². The minimum absolute atomic E-state index is 0.00401. The van der Waals surface area contributed by atoms with Gasteiger partial charge >= 0.3 is 5.97 Å². The Hall–Kier alpha value is -6.15. The number of morpholine rings is 1. The Kier molecular flexibility index (Phi) is 6.90. The first kappa shape index (κ1) is 28.6. The van der Waals surface area contributed by atoms with Crippen molar-refractivity contribution >= 4 is 68.7 Å². The maximum absolute atomic E-state index is 13.7. The van der Waals surface area contributed by atoms with Crippen molar-refractivity contribution < 1.29 is 38.0 Å². The van der Waals surface area contributed by atoms with E-state index in [-0.39, 0.29) is 46.9 Å². The second kappa shape index (κ2) is 11.1. The number of imide groups is 1. The van der Waals surface area contributed by atoms with Gasteiger partial charge < -0.3 is 29.2 Å². The molecule has 7 rings (SSSR count). The normalized spacial score (nSPS) is 17.0. The van der Waals surface area contributed by atoms with E-state index in [9.17, 15) is 28.8 Å². The molecule has 1 fully saturated rings. The molecule has 3 aromatic carbocycles. The van der Waals surface area contributed by atoms with Gasteiger partial charge in [-0.1, -0.05) is 23.4 Å². The molecule has 0 spiro atoms. The van der Waals surface area contributed by atoms with E-state index >= 15 is 0 Å². The summed E-state index contributed by atoms with van der Waals surface area (Å²) in [5.74, 6) is -3.37. The van der Waals surface area contributed by atoms with Crippen molar-refractivity contribution in [1.29, 1.82) is 0 Å². The van der Waals surface area contributed by atoms with E-state index in [1.807, 2.05) is 0 Å². The monoisotopic (exact) mass is 621 g/mol. The maximum Gasteiger partial charge on any atom is 0.303 e. The molecule has 2 N–H and O–H groups in total. The number of carbonyl (C=O) groups excluding carboxylic acids is 5. The summed E-state index contributed by atoms with van der Waals surface area (Å²) < 4.78 is 16.4. The molecule has 0 aliphatic carbocycles. The van der Waals surface area contributed by atoms with Crippen LogP contribution >= 0.6 is 0 Å². The summed E-state index contributed by atoms with van der Waals surface area (Å²) in [5, 5.41) is 7.49. The van der Waals surface area contributed by atoms with Gasteiger partial charge in [0.1, 0.15) is 0 Å². The van der Waals surface area contributed by atoms with Crippen molar-refractivity contribution in [2.75, 3.05) is 28.3 Å². The van der Waals surface area contributed by atoms with Crippen LogP contribution in [0.5, 0.6) is 0 Å². The summed E-state index contributed by atoms with van der Waals surface area (Å²) in [6.45, 7) is 1.29. The molecule has 14 heteroatoms. The Bertz CT molecular complexity index is 2140. The van der Waals surface area contributed by atoms with Gasteiger partial charge in [-0.2, -0.15) is 0 Å². The largest absolute Gasteiger partial charge is 0.449 e. The number of pyridine rings is 1. The molecule has 4 amide bonds. The van der Waals surface area contributed by atoms with Crippen molar-refractivity contribution in [2.45, 2.75) is 19.1 Å². The molecule has 1 saturated heterocycles. The van der Waals surface area contributed by atoms with E-state index in [0.29, 0.717) is 22.0 Å². The van der Waals surface area contributed by atoms with Gasteiger partial charge in [0.25, 0.3) is 23.6 Å².